The van der Waals surface area contributed by atoms with Crippen LogP contribution in [-0.2, 0) is 11.3 Å². The Balaban J connectivity index is 1.88. The number of hydrogen-bond donors (Lipinski definition) is 2. The molecule has 8 heteroatoms. The Labute approximate surface area is 161 Å². The van der Waals surface area contributed by atoms with Crippen molar-refractivity contribution in [2.24, 2.45) is 0 Å². The van der Waals surface area contributed by atoms with E-state index in [1.807, 2.05) is 23.7 Å². The number of nitrogens with one attached hydrogen (secondary N) is 2. The van der Waals surface area contributed by atoms with Crippen LogP contribution in [0, 0.1) is 0 Å². The van der Waals surface area contributed by atoms with E-state index in [2.05, 4.69) is 34.6 Å². The smallest absolute Gasteiger partial charge is 0.214 e. The number of hydrogen-bond acceptors (Lipinski definition) is 5. The predicted octanol–water partition coefficient (Wildman–Crippen LogP) is -1.39. The Hall–Kier alpha value is -2.03. The van der Waals surface area contributed by atoms with Crippen LogP contribution >= 0.6 is 0 Å². The van der Waals surface area contributed by atoms with E-state index < -0.39 is 0 Å². The number of ether oxygens (including phenoxy) is 2. The summed E-state index contributed by atoms with van der Waals surface area (Å²) < 4.78 is 12.7. The number of rotatable bonds is 9. The highest BCUT2D eigenvalue weighted by atomic mass is 16.5. The van der Waals surface area contributed by atoms with E-state index in [1.165, 1.54) is 30.1 Å². The lowest BCUT2D eigenvalue weighted by atomic mass is 10.0. The van der Waals surface area contributed by atoms with Crippen LogP contribution in [0.3, 0.4) is 0 Å². The number of quaternary nitrogens is 2. The minimum atomic E-state index is 0.117. The van der Waals surface area contributed by atoms with Crippen LogP contribution in [-0.4, -0.2) is 73.3 Å². The summed E-state index contributed by atoms with van der Waals surface area (Å²) in [5, 5.41) is 12.6. The monoisotopic (exact) mass is 376 g/mol. The van der Waals surface area contributed by atoms with Crippen molar-refractivity contribution in [3.05, 3.63) is 35.7 Å². The molecular formula is C19H32N6O2+2. The van der Waals surface area contributed by atoms with Gasteiger partial charge in [0.15, 0.2) is 6.04 Å². The van der Waals surface area contributed by atoms with Crippen molar-refractivity contribution in [3.63, 3.8) is 0 Å². The molecule has 1 atom stereocenters. The number of piperazine rings is 1. The molecule has 0 unspecified atom stereocenters. The highest BCUT2D eigenvalue weighted by Crippen LogP contribution is 2.20. The number of benzene rings is 1. The topological polar surface area (TPSA) is 70.9 Å². The summed E-state index contributed by atoms with van der Waals surface area (Å²) in [5.74, 6) is 1.81. The molecule has 0 bridgehead atoms. The van der Waals surface area contributed by atoms with Crippen LogP contribution in [0.4, 0.5) is 0 Å². The van der Waals surface area contributed by atoms with E-state index in [0.29, 0.717) is 19.8 Å². The Morgan fingerprint density at radius 2 is 1.85 bits per heavy atom. The second kappa shape index (κ2) is 9.77. The van der Waals surface area contributed by atoms with Gasteiger partial charge in [-0.25, -0.2) is 4.68 Å². The number of likely N-dealkylation sites (N-methyl/N-ethyl adjacent to an activating group) is 1. The molecule has 1 aliphatic heterocycles. The van der Waals surface area contributed by atoms with Gasteiger partial charge in [-0.1, -0.05) is 0 Å². The molecule has 2 heterocycles. The third-order valence-corrected chi connectivity index (χ3v) is 5.36. The molecule has 1 aromatic heterocycles. The molecule has 0 amide bonds. The van der Waals surface area contributed by atoms with Gasteiger partial charge < -0.3 is 19.3 Å². The fourth-order valence-corrected chi connectivity index (χ4v) is 3.81. The summed E-state index contributed by atoms with van der Waals surface area (Å²) in [7, 11) is 1.70. The van der Waals surface area contributed by atoms with Gasteiger partial charge in [0.1, 0.15) is 31.9 Å². The van der Waals surface area contributed by atoms with E-state index in [4.69, 9.17) is 9.47 Å². The van der Waals surface area contributed by atoms with Gasteiger partial charge in [-0.05, 0) is 48.5 Å². The van der Waals surface area contributed by atoms with Crippen LogP contribution in [0.1, 0.15) is 31.3 Å². The first-order chi connectivity index (χ1) is 13.3. The highest BCUT2D eigenvalue weighted by molar-refractivity contribution is 5.30. The van der Waals surface area contributed by atoms with Gasteiger partial charge >= 0.3 is 0 Å². The molecule has 1 aliphatic rings. The average molecular weight is 377 g/mol. The summed E-state index contributed by atoms with van der Waals surface area (Å²) in [6.45, 7) is 11.9. The molecule has 8 nitrogen and oxygen atoms in total. The highest BCUT2D eigenvalue weighted by Gasteiger charge is 2.35. The molecule has 148 valence electrons. The van der Waals surface area contributed by atoms with Gasteiger partial charge in [-0.15, -0.1) is 5.10 Å². The quantitative estimate of drug-likeness (QED) is 0.564. The van der Waals surface area contributed by atoms with Gasteiger partial charge in [-0.2, -0.15) is 0 Å². The molecule has 1 fully saturated rings. The molecule has 3 rings (SSSR count). The third-order valence-electron chi connectivity index (χ3n) is 5.36. The van der Waals surface area contributed by atoms with Crippen LogP contribution in [0.5, 0.6) is 5.75 Å². The predicted molar refractivity (Wildman–Crippen MR) is 101 cm³/mol. The summed E-state index contributed by atoms with van der Waals surface area (Å²) in [4.78, 5) is 3.19. The zero-order valence-corrected chi connectivity index (χ0v) is 16.6. The first-order valence-electron chi connectivity index (χ1n) is 9.92. The number of nitrogens with zero attached hydrogens (tertiary/aromatic N) is 4. The summed E-state index contributed by atoms with van der Waals surface area (Å²) in [6, 6.07) is 8.50. The van der Waals surface area contributed by atoms with Crippen molar-refractivity contribution >= 4 is 0 Å². The molecule has 2 aromatic rings. The van der Waals surface area contributed by atoms with E-state index in [1.54, 1.807) is 12.0 Å². The third kappa shape index (κ3) is 4.82. The molecule has 0 radical (unpaired) electrons. The maximum absolute atomic E-state index is 5.61. The normalized spacial score (nSPS) is 21.1. The number of aromatic nitrogens is 4. The van der Waals surface area contributed by atoms with Crippen LogP contribution in [0.25, 0.3) is 0 Å². The molecule has 0 spiro atoms. The van der Waals surface area contributed by atoms with Crippen molar-refractivity contribution < 1.29 is 19.3 Å². The average Bonchev–Trinajstić information content (AvgIpc) is 3.17. The van der Waals surface area contributed by atoms with Crippen molar-refractivity contribution in [1.29, 1.82) is 0 Å². The summed E-state index contributed by atoms with van der Waals surface area (Å²) in [5.41, 5.74) is 1.22. The van der Waals surface area contributed by atoms with Crippen molar-refractivity contribution in [2.75, 3.05) is 53.0 Å². The van der Waals surface area contributed by atoms with Crippen LogP contribution in [0.2, 0.25) is 0 Å². The zero-order chi connectivity index (χ0) is 19.1. The van der Waals surface area contributed by atoms with Gasteiger partial charge in [0.05, 0.1) is 26.3 Å². The van der Waals surface area contributed by atoms with E-state index in [9.17, 15) is 0 Å². The Morgan fingerprint density at radius 3 is 2.48 bits per heavy atom. The Bertz CT molecular complexity index is 682. The molecule has 0 saturated carbocycles. The molecule has 2 N–H and O–H groups in total. The standard InChI is InChI=1S/C19H30N6O2/c1-4-23-10-12-24(13-11-23)18(16-6-8-17(9-7-16)27-5-2)19-20-21-22-25(19)14-15-26-3/h6-9,18H,4-5,10-15H2,1-3H3/p+2/t18-/m1/s1. The van der Waals surface area contributed by atoms with Crippen molar-refractivity contribution in [3.8, 4) is 5.75 Å². The lowest BCUT2D eigenvalue weighted by molar-refractivity contribution is -1.02. The second-order valence-corrected chi connectivity index (χ2v) is 6.95. The van der Waals surface area contributed by atoms with Crippen LogP contribution in [0.15, 0.2) is 24.3 Å². The van der Waals surface area contributed by atoms with Crippen molar-refractivity contribution in [1.82, 2.24) is 20.2 Å². The molecule has 1 aromatic carbocycles. The number of tetrazole rings is 1. The van der Waals surface area contributed by atoms with E-state index in [-0.39, 0.29) is 6.04 Å². The molecule has 27 heavy (non-hydrogen) atoms. The summed E-state index contributed by atoms with van der Waals surface area (Å²) >= 11 is 0. The van der Waals surface area contributed by atoms with Gasteiger partial charge in [-0.3, -0.25) is 0 Å². The first-order valence-corrected chi connectivity index (χ1v) is 9.92. The van der Waals surface area contributed by atoms with E-state index in [0.717, 1.165) is 24.7 Å². The minimum Gasteiger partial charge on any atom is -0.494 e. The number of methoxy groups -OCH3 is 1. The molecule has 1 saturated heterocycles. The van der Waals surface area contributed by atoms with Gasteiger partial charge in [0, 0.05) is 12.7 Å². The Kier molecular flexibility index (Phi) is 7.14. The van der Waals surface area contributed by atoms with Gasteiger partial charge in [0.2, 0.25) is 5.82 Å². The lowest BCUT2D eigenvalue weighted by Crippen LogP contribution is -3.28. The van der Waals surface area contributed by atoms with E-state index >= 15 is 0 Å². The maximum Gasteiger partial charge on any atom is 0.214 e. The fourth-order valence-electron chi connectivity index (χ4n) is 3.81. The molecule has 0 aliphatic carbocycles. The zero-order valence-electron chi connectivity index (χ0n) is 16.6. The lowest BCUT2D eigenvalue weighted by Gasteiger charge is -2.33. The maximum atomic E-state index is 5.61. The van der Waals surface area contributed by atoms with Crippen molar-refractivity contribution in [2.45, 2.75) is 26.4 Å². The minimum absolute atomic E-state index is 0.117. The second-order valence-electron chi connectivity index (χ2n) is 6.95. The van der Waals surface area contributed by atoms with Gasteiger partial charge in [0.25, 0.3) is 0 Å². The van der Waals surface area contributed by atoms with Crippen LogP contribution < -0.4 is 14.5 Å². The fraction of sp³-hybridized carbons (Fsp3) is 0.632. The first kappa shape index (κ1) is 19.7. The Morgan fingerprint density at radius 1 is 1.11 bits per heavy atom. The summed E-state index contributed by atoms with van der Waals surface area (Å²) in [6.07, 6.45) is 0. The molecular weight excluding hydrogens is 344 g/mol. The SMILES string of the molecule is CCOc1ccc([C@H](c2nnnn2CCOC)[NH+]2CC[NH+](CC)CC2)cc1. The largest absolute Gasteiger partial charge is 0.494 e.